The fraction of sp³-hybridized carbons (Fsp3) is 0.286. The molecule has 1 heterocycles. The average Bonchev–Trinajstić information content (AvgIpc) is 3.22. The van der Waals surface area contributed by atoms with E-state index in [1.807, 2.05) is 42.9 Å². The van der Waals surface area contributed by atoms with Crippen molar-refractivity contribution in [3.63, 3.8) is 0 Å². The maximum absolute atomic E-state index is 5.91. The number of aryl methyl sites for hydroxylation is 1. The van der Waals surface area contributed by atoms with E-state index in [4.69, 9.17) is 14.2 Å². The SMILES string of the molecule is COc1cc(OC)cc(Oc2ccc(CNCCCn3ccnc3)cc2)c1. The fourth-order valence-corrected chi connectivity index (χ4v) is 2.69. The lowest BCUT2D eigenvalue weighted by atomic mass is 10.2. The number of nitrogens with zero attached hydrogens (tertiary/aromatic N) is 2. The van der Waals surface area contributed by atoms with E-state index >= 15 is 0 Å². The summed E-state index contributed by atoms with van der Waals surface area (Å²) in [7, 11) is 3.24. The molecule has 0 amide bonds. The molecule has 142 valence electrons. The van der Waals surface area contributed by atoms with E-state index in [1.165, 1.54) is 5.56 Å². The Morgan fingerprint density at radius 1 is 0.926 bits per heavy atom. The molecule has 0 spiro atoms. The number of hydrogen-bond donors (Lipinski definition) is 1. The lowest BCUT2D eigenvalue weighted by Gasteiger charge is -2.11. The van der Waals surface area contributed by atoms with Crippen LogP contribution in [0.5, 0.6) is 23.0 Å². The van der Waals surface area contributed by atoms with Crippen LogP contribution in [0.4, 0.5) is 0 Å². The topological polar surface area (TPSA) is 57.5 Å². The summed E-state index contributed by atoms with van der Waals surface area (Å²) in [5.74, 6) is 2.84. The van der Waals surface area contributed by atoms with Gasteiger partial charge in [0.15, 0.2) is 0 Å². The Hall–Kier alpha value is -2.99. The Balaban J connectivity index is 1.47. The number of methoxy groups -OCH3 is 2. The summed E-state index contributed by atoms with van der Waals surface area (Å²) in [5.41, 5.74) is 1.22. The van der Waals surface area contributed by atoms with Crippen molar-refractivity contribution in [2.24, 2.45) is 0 Å². The Bertz CT molecular complexity index is 795. The van der Waals surface area contributed by atoms with Crippen LogP contribution in [0.25, 0.3) is 0 Å². The number of benzene rings is 2. The smallest absolute Gasteiger partial charge is 0.134 e. The molecule has 0 atom stereocenters. The Kier molecular flexibility index (Phi) is 6.71. The summed E-state index contributed by atoms with van der Waals surface area (Å²) >= 11 is 0. The van der Waals surface area contributed by atoms with E-state index in [9.17, 15) is 0 Å². The number of aromatic nitrogens is 2. The van der Waals surface area contributed by atoms with E-state index in [-0.39, 0.29) is 0 Å². The number of nitrogens with one attached hydrogen (secondary N) is 1. The van der Waals surface area contributed by atoms with Crippen molar-refractivity contribution < 1.29 is 14.2 Å². The number of ether oxygens (including phenoxy) is 3. The van der Waals surface area contributed by atoms with Crippen LogP contribution >= 0.6 is 0 Å². The third-order valence-corrected chi connectivity index (χ3v) is 4.14. The van der Waals surface area contributed by atoms with Crippen molar-refractivity contribution in [3.05, 3.63) is 66.7 Å². The Morgan fingerprint density at radius 2 is 1.63 bits per heavy atom. The molecular weight excluding hydrogens is 342 g/mol. The van der Waals surface area contributed by atoms with Gasteiger partial charge in [0.05, 0.1) is 20.5 Å². The summed E-state index contributed by atoms with van der Waals surface area (Å²) in [6.07, 6.45) is 6.70. The molecule has 0 saturated heterocycles. The number of rotatable bonds is 10. The molecular formula is C21H25N3O3. The van der Waals surface area contributed by atoms with Crippen LogP contribution in [0.1, 0.15) is 12.0 Å². The second-order valence-electron chi connectivity index (χ2n) is 6.13. The van der Waals surface area contributed by atoms with Crippen LogP contribution in [0, 0.1) is 0 Å². The van der Waals surface area contributed by atoms with Crippen molar-refractivity contribution in [3.8, 4) is 23.0 Å². The molecule has 0 fully saturated rings. The van der Waals surface area contributed by atoms with Crippen LogP contribution in [-0.4, -0.2) is 30.3 Å². The monoisotopic (exact) mass is 367 g/mol. The van der Waals surface area contributed by atoms with E-state index in [0.717, 1.165) is 31.8 Å². The number of hydrogen-bond acceptors (Lipinski definition) is 5. The van der Waals surface area contributed by atoms with Crippen LogP contribution in [0.2, 0.25) is 0 Å². The van der Waals surface area contributed by atoms with Crippen molar-refractivity contribution in [1.82, 2.24) is 14.9 Å². The minimum atomic E-state index is 0.677. The molecule has 0 radical (unpaired) electrons. The Labute approximate surface area is 159 Å². The molecule has 0 aliphatic heterocycles. The molecule has 27 heavy (non-hydrogen) atoms. The lowest BCUT2D eigenvalue weighted by Crippen LogP contribution is -2.16. The highest BCUT2D eigenvalue weighted by Crippen LogP contribution is 2.30. The molecule has 6 heteroatoms. The van der Waals surface area contributed by atoms with Crippen LogP contribution in [0.3, 0.4) is 0 Å². The van der Waals surface area contributed by atoms with Crippen molar-refractivity contribution in [2.45, 2.75) is 19.5 Å². The fourth-order valence-electron chi connectivity index (χ4n) is 2.69. The number of imidazole rings is 1. The van der Waals surface area contributed by atoms with Gasteiger partial charge in [0, 0.05) is 43.7 Å². The van der Waals surface area contributed by atoms with Gasteiger partial charge in [-0.05, 0) is 30.7 Å². The molecule has 6 nitrogen and oxygen atoms in total. The zero-order valence-corrected chi connectivity index (χ0v) is 15.7. The summed E-state index contributed by atoms with van der Waals surface area (Å²) in [4.78, 5) is 4.04. The van der Waals surface area contributed by atoms with Crippen molar-refractivity contribution in [2.75, 3.05) is 20.8 Å². The molecule has 3 rings (SSSR count). The minimum absolute atomic E-state index is 0.677. The van der Waals surface area contributed by atoms with E-state index in [2.05, 4.69) is 27.0 Å². The van der Waals surface area contributed by atoms with E-state index in [0.29, 0.717) is 17.2 Å². The molecule has 1 N–H and O–H groups in total. The average molecular weight is 367 g/mol. The molecule has 2 aromatic carbocycles. The normalized spacial score (nSPS) is 10.6. The first-order valence-electron chi connectivity index (χ1n) is 8.93. The van der Waals surface area contributed by atoms with E-state index < -0.39 is 0 Å². The molecule has 0 saturated carbocycles. The second kappa shape index (κ2) is 9.64. The van der Waals surface area contributed by atoms with Gasteiger partial charge in [-0.2, -0.15) is 0 Å². The van der Waals surface area contributed by atoms with Crippen molar-refractivity contribution >= 4 is 0 Å². The predicted octanol–water partition coefficient (Wildman–Crippen LogP) is 3.87. The van der Waals surface area contributed by atoms with Crippen LogP contribution < -0.4 is 19.5 Å². The maximum atomic E-state index is 5.91. The first-order chi connectivity index (χ1) is 13.3. The quantitative estimate of drug-likeness (QED) is 0.551. The highest BCUT2D eigenvalue weighted by atomic mass is 16.5. The van der Waals surface area contributed by atoms with Gasteiger partial charge in [-0.3, -0.25) is 0 Å². The summed E-state index contributed by atoms with van der Waals surface area (Å²) in [6.45, 7) is 2.76. The minimum Gasteiger partial charge on any atom is -0.496 e. The van der Waals surface area contributed by atoms with Gasteiger partial charge < -0.3 is 24.1 Å². The summed E-state index contributed by atoms with van der Waals surface area (Å²) < 4.78 is 18.5. The third-order valence-electron chi connectivity index (χ3n) is 4.14. The van der Waals surface area contributed by atoms with Crippen molar-refractivity contribution in [1.29, 1.82) is 0 Å². The molecule has 0 aliphatic rings. The van der Waals surface area contributed by atoms with Gasteiger partial charge >= 0.3 is 0 Å². The van der Waals surface area contributed by atoms with Gasteiger partial charge in [0.25, 0.3) is 0 Å². The van der Waals surface area contributed by atoms with Gasteiger partial charge in [0.1, 0.15) is 23.0 Å². The first kappa shape index (κ1) is 18.8. The van der Waals surface area contributed by atoms with Crippen LogP contribution in [0.15, 0.2) is 61.2 Å². The molecule has 0 aliphatic carbocycles. The maximum Gasteiger partial charge on any atom is 0.134 e. The zero-order chi connectivity index (χ0) is 18.9. The first-order valence-corrected chi connectivity index (χ1v) is 8.93. The van der Waals surface area contributed by atoms with Gasteiger partial charge in [0.2, 0.25) is 0 Å². The summed E-state index contributed by atoms with van der Waals surface area (Å²) in [5, 5.41) is 3.46. The largest absolute Gasteiger partial charge is 0.496 e. The lowest BCUT2D eigenvalue weighted by molar-refractivity contribution is 0.386. The third kappa shape index (κ3) is 5.76. The molecule has 3 aromatic rings. The van der Waals surface area contributed by atoms with Gasteiger partial charge in [-0.25, -0.2) is 4.98 Å². The Morgan fingerprint density at radius 3 is 2.26 bits per heavy atom. The predicted molar refractivity (Wildman–Crippen MR) is 105 cm³/mol. The second-order valence-corrected chi connectivity index (χ2v) is 6.13. The van der Waals surface area contributed by atoms with Crippen LogP contribution in [-0.2, 0) is 13.1 Å². The zero-order valence-electron chi connectivity index (χ0n) is 15.7. The van der Waals surface area contributed by atoms with Gasteiger partial charge in [-0.1, -0.05) is 12.1 Å². The van der Waals surface area contributed by atoms with Gasteiger partial charge in [-0.15, -0.1) is 0 Å². The molecule has 1 aromatic heterocycles. The summed E-state index contributed by atoms with van der Waals surface area (Å²) in [6, 6.07) is 13.5. The highest BCUT2D eigenvalue weighted by Gasteiger charge is 2.04. The molecule has 0 bridgehead atoms. The highest BCUT2D eigenvalue weighted by molar-refractivity contribution is 5.44. The molecule has 0 unspecified atom stereocenters. The standard InChI is InChI=1S/C21H25N3O3/c1-25-19-12-20(26-2)14-21(13-19)27-18-6-4-17(5-7-18)15-22-8-3-10-24-11-9-23-16-24/h4-7,9,11-14,16,22H,3,8,10,15H2,1-2H3. The van der Waals surface area contributed by atoms with E-state index in [1.54, 1.807) is 20.4 Å².